The highest BCUT2D eigenvalue weighted by molar-refractivity contribution is 5.64. The average molecular weight is 579 g/mol. The van der Waals surface area contributed by atoms with E-state index in [9.17, 15) is 0 Å². The highest BCUT2D eigenvalue weighted by atomic mass is 16.6. The number of benzene rings is 2. The standard InChI is InChI=1S/C38H58O4/c1-32(39-28-16-12-8-4-2-6-10-14-18-37-30-41-37)33-20-22-34(23-21-33)35-24-26-36(27-25-35)40-29-17-13-9-5-3-7-11-15-19-38-31-42-38/h20-27,32,37-38H,2-19,28-31H2,1H3. The summed E-state index contributed by atoms with van der Waals surface area (Å²) >= 11 is 0. The van der Waals surface area contributed by atoms with Crippen LogP contribution in [-0.2, 0) is 14.2 Å². The van der Waals surface area contributed by atoms with Gasteiger partial charge in [-0.2, -0.15) is 0 Å². The minimum Gasteiger partial charge on any atom is -0.494 e. The minimum atomic E-state index is 0.137. The predicted molar refractivity (Wildman–Crippen MR) is 174 cm³/mol. The normalized spacial score (nSPS) is 18.2. The molecule has 4 heteroatoms. The molecule has 4 nitrogen and oxygen atoms in total. The Kier molecular flexibility index (Phi) is 15.8. The Labute approximate surface area is 256 Å². The fourth-order valence-electron chi connectivity index (χ4n) is 5.78. The van der Waals surface area contributed by atoms with Gasteiger partial charge in [-0.05, 0) is 61.4 Å². The van der Waals surface area contributed by atoms with Gasteiger partial charge in [0, 0.05) is 6.61 Å². The molecule has 234 valence electrons. The third-order valence-corrected chi connectivity index (χ3v) is 8.85. The molecule has 0 aromatic heterocycles. The molecular formula is C38H58O4. The molecule has 2 fully saturated rings. The van der Waals surface area contributed by atoms with E-state index in [-0.39, 0.29) is 6.10 Å². The van der Waals surface area contributed by atoms with Crippen LogP contribution in [0.4, 0.5) is 0 Å². The molecule has 42 heavy (non-hydrogen) atoms. The zero-order valence-corrected chi connectivity index (χ0v) is 26.5. The van der Waals surface area contributed by atoms with Gasteiger partial charge in [-0.1, -0.05) is 126 Å². The molecule has 0 aliphatic carbocycles. The van der Waals surface area contributed by atoms with Gasteiger partial charge in [0.1, 0.15) is 5.75 Å². The van der Waals surface area contributed by atoms with Crippen molar-refractivity contribution in [3.05, 3.63) is 54.1 Å². The van der Waals surface area contributed by atoms with Crippen LogP contribution in [0.1, 0.15) is 134 Å². The summed E-state index contributed by atoms with van der Waals surface area (Å²) in [7, 11) is 0. The first-order chi connectivity index (χ1) is 20.8. The number of hydrogen-bond donors (Lipinski definition) is 0. The van der Waals surface area contributed by atoms with E-state index >= 15 is 0 Å². The van der Waals surface area contributed by atoms with Gasteiger partial charge in [-0.25, -0.2) is 0 Å². The highest BCUT2D eigenvalue weighted by Gasteiger charge is 2.21. The van der Waals surface area contributed by atoms with Crippen LogP contribution >= 0.6 is 0 Å². The second-order valence-corrected chi connectivity index (χ2v) is 12.7. The van der Waals surface area contributed by atoms with E-state index < -0.39 is 0 Å². The number of unbranched alkanes of at least 4 members (excludes halogenated alkanes) is 14. The third-order valence-electron chi connectivity index (χ3n) is 8.85. The van der Waals surface area contributed by atoms with Crippen molar-refractivity contribution in [3.63, 3.8) is 0 Å². The van der Waals surface area contributed by atoms with Crippen molar-refractivity contribution < 1.29 is 18.9 Å². The summed E-state index contributed by atoms with van der Waals surface area (Å²) in [6, 6.07) is 17.4. The van der Waals surface area contributed by atoms with Gasteiger partial charge in [0.05, 0.1) is 38.1 Å². The molecule has 3 atom stereocenters. The molecule has 2 heterocycles. The van der Waals surface area contributed by atoms with Gasteiger partial charge < -0.3 is 18.9 Å². The smallest absolute Gasteiger partial charge is 0.119 e. The molecule has 0 amide bonds. The Morgan fingerprint density at radius 1 is 0.548 bits per heavy atom. The van der Waals surface area contributed by atoms with E-state index in [2.05, 4.69) is 55.5 Å². The molecule has 0 N–H and O–H groups in total. The molecule has 2 aliphatic heterocycles. The molecule has 2 saturated heterocycles. The molecule has 2 aromatic rings. The number of epoxide rings is 2. The van der Waals surface area contributed by atoms with Gasteiger partial charge in [0.25, 0.3) is 0 Å². The van der Waals surface area contributed by atoms with Gasteiger partial charge in [-0.15, -0.1) is 0 Å². The lowest BCUT2D eigenvalue weighted by Gasteiger charge is -2.14. The number of hydrogen-bond acceptors (Lipinski definition) is 4. The lowest BCUT2D eigenvalue weighted by Crippen LogP contribution is -2.01. The van der Waals surface area contributed by atoms with E-state index in [1.807, 2.05) is 0 Å². The topological polar surface area (TPSA) is 43.5 Å². The molecule has 0 bridgehead atoms. The second-order valence-electron chi connectivity index (χ2n) is 12.7. The van der Waals surface area contributed by atoms with Crippen LogP contribution < -0.4 is 4.74 Å². The van der Waals surface area contributed by atoms with Crippen molar-refractivity contribution in [1.29, 1.82) is 0 Å². The molecule has 0 radical (unpaired) electrons. The first-order valence-electron chi connectivity index (χ1n) is 17.5. The van der Waals surface area contributed by atoms with E-state index in [1.54, 1.807) is 0 Å². The average Bonchev–Trinajstić information content (AvgIpc) is 3.95. The first kappa shape index (κ1) is 33.0. The maximum absolute atomic E-state index is 6.14. The van der Waals surface area contributed by atoms with E-state index in [0.29, 0.717) is 12.2 Å². The molecule has 4 rings (SSSR count). The van der Waals surface area contributed by atoms with Gasteiger partial charge in [-0.3, -0.25) is 0 Å². The van der Waals surface area contributed by atoms with E-state index in [1.165, 1.54) is 119 Å². The Bertz CT molecular complexity index is 933. The van der Waals surface area contributed by atoms with Crippen LogP contribution in [0.25, 0.3) is 11.1 Å². The summed E-state index contributed by atoms with van der Waals surface area (Å²) < 4.78 is 22.7. The van der Waals surface area contributed by atoms with Crippen LogP contribution in [-0.4, -0.2) is 38.6 Å². The summed E-state index contributed by atoms with van der Waals surface area (Å²) in [6.45, 7) is 5.84. The summed E-state index contributed by atoms with van der Waals surface area (Å²) in [5, 5.41) is 0. The van der Waals surface area contributed by atoms with E-state index in [4.69, 9.17) is 18.9 Å². The summed E-state index contributed by atoms with van der Waals surface area (Å²) in [5.41, 5.74) is 3.71. The van der Waals surface area contributed by atoms with Crippen molar-refractivity contribution >= 4 is 0 Å². The SMILES string of the molecule is CC(OCCCCCCCCCCC1CO1)c1ccc(-c2ccc(OCCCCCCCCCCC3CO3)cc2)cc1. The Hall–Kier alpha value is -1.88. The van der Waals surface area contributed by atoms with Crippen molar-refractivity contribution in [2.45, 2.75) is 141 Å². The molecule has 3 unspecified atom stereocenters. The fraction of sp³-hybridized carbons (Fsp3) is 0.684. The second kappa shape index (κ2) is 20.1. The maximum atomic E-state index is 6.14. The van der Waals surface area contributed by atoms with Crippen LogP contribution in [0.3, 0.4) is 0 Å². The van der Waals surface area contributed by atoms with E-state index in [0.717, 1.165) is 45.0 Å². The van der Waals surface area contributed by atoms with Gasteiger partial charge in [0.15, 0.2) is 0 Å². The zero-order chi connectivity index (χ0) is 29.1. The predicted octanol–water partition coefficient (Wildman–Crippen LogP) is 10.6. The van der Waals surface area contributed by atoms with Crippen molar-refractivity contribution in [1.82, 2.24) is 0 Å². The summed E-state index contributed by atoms with van der Waals surface area (Å²) in [6.07, 6.45) is 25.1. The molecule has 2 aromatic carbocycles. The zero-order valence-electron chi connectivity index (χ0n) is 26.5. The molecule has 0 saturated carbocycles. The van der Waals surface area contributed by atoms with Crippen LogP contribution in [0.15, 0.2) is 48.5 Å². The minimum absolute atomic E-state index is 0.137. The lowest BCUT2D eigenvalue weighted by molar-refractivity contribution is 0.0627. The first-order valence-corrected chi connectivity index (χ1v) is 17.5. The third kappa shape index (κ3) is 14.5. The Morgan fingerprint density at radius 2 is 0.952 bits per heavy atom. The summed E-state index contributed by atoms with van der Waals surface area (Å²) in [4.78, 5) is 0. The maximum Gasteiger partial charge on any atom is 0.119 e. The quantitative estimate of drug-likeness (QED) is 0.0822. The molecule has 0 spiro atoms. The van der Waals surface area contributed by atoms with Crippen LogP contribution in [0.2, 0.25) is 0 Å². The van der Waals surface area contributed by atoms with Crippen LogP contribution in [0.5, 0.6) is 5.75 Å². The largest absolute Gasteiger partial charge is 0.494 e. The summed E-state index contributed by atoms with van der Waals surface area (Å²) in [5.74, 6) is 0.969. The monoisotopic (exact) mass is 578 g/mol. The number of ether oxygens (including phenoxy) is 4. The fourth-order valence-corrected chi connectivity index (χ4v) is 5.78. The van der Waals surface area contributed by atoms with Gasteiger partial charge in [0.2, 0.25) is 0 Å². The molecular weight excluding hydrogens is 520 g/mol. The van der Waals surface area contributed by atoms with Crippen molar-refractivity contribution in [2.24, 2.45) is 0 Å². The number of rotatable bonds is 26. The van der Waals surface area contributed by atoms with Crippen molar-refractivity contribution in [2.75, 3.05) is 26.4 Å². The Balaban J connectivity index is 0.981. The van der Waals surface area contributed by atoms with Crippen molar-refractivity contribution in [3.8, 4) is 16.9 Å². The van der Waals surface area contributed by atoms with Gasteiger partial charge >= 0.3 is 0 Å². The molecule has 2 aliphatic rings. The highest BCUT2D eigenvalue weighted by Crippen LogP contribution is 2.26. The lowest BCUT2D eigenvalue weighted by atomic mass is 10.0. The Morgan fingerprint density at radius 3 is 1.43 bits per heavy atom. The van der Waals surface area contributed by atoms with Crippen LogP contribution in [0, 0.1) is 0 Å².